The van der Waals surface area contributed by atoms with E-state index in [0.717, 1.165) is 0 Å². The zero-order chi connectivity index (χ0) is 13.2. The van der Waals surface area contributed by atoms with E-state index in [-0.39, 0.29) is 12.4 Å². The number of benzene rings is 1. The molecule has 6 heteroatoms. The summed E-state index contributed by atoms with van der Waals surface area (Å²) in [7, 11) is 0. The largest absolute Gasteiger partial charge is 0.485 e. The number of aromatic nitrogens is 3. The van der Waals surface area contributed by atoms with Crippen molar-refractivity contribution >= 4 is 17.2 Å². The normalized spacial score (nSPS) is 10.8. The Bertz CT molecular complexity index is 729. The first kappa shape index (κ1) is 11.9. The lowest BCUT2D eigenvalue weighted by Gasteiger charge is -2.02. The number of hydrogen-bond acceptors (Lipinski definition) is 3. The van der Waals surface area contributed by atoms with Crippen molar-refractivity contribution in [2.45, 2.75) is 6.61 Å². The lowest BCUT2D eigenvalue weighted by atomic mass is 10.3. The third-order valence-electron chi connectivity index (χ3n) is 2.52. The van der Waals surface area contributed by atoms with E-state index in [4.69, 9.17) is 16.3 Å². The van der Waals surface area contributed by atoms with Crippen LogP contribution in [0.3, 0.4) is 0 Å². The Hall–Kier alpha value is -2.14. The van der Waals surface area contributed by atoms with Gasteiger partial charge in [-0.2, -0.15) is 0 Å². The maximum Gasteiger partial charge on any atom is 0.189 e. The average Bonchev–Trinajstić information content (AvgIpc) is 2.81. The highest BCUT2D eigenvalue weighted by atomic mass is 35.5. The Labute approximate surface area is 113 Å². The van der Waals surface area contributed by atoms with Gasteiger partial charge in [0.25, 0.3) is 0 Å². The van der Waals surface area contributed by atoms with Gasteiger partial charge in [-0.05, 0) is 24.3 Å². The molecule has 3 aromatic rings. The molecular weight excluding hydrogens is 269 g/mol. The standard InChI is InChI=1S/C13H9ClFN3O/c14-11-5-2-6-13-16-12(17-18(11)13)8-19-10-4-1-3-9(15)7-10/h1-7H,8H2. The minimum Gasteiger partial charge on any atom is -0.485 e. The third kappa shape index (κ3) is 2.51. The van der Waals surface area contributed by atoms with Gasteiger partial charge in [0, 0.05) is 6.07 Å². The molecule has 0 atom stereocenters. The van der Waals surface area contributed by atoms with E-state index in [9.17, 15) is 4.39 Å². The summed E-state index contributed by atoms with van der Waals surface area (Å²) in [4.78, 5) is 4.26. The fraction of sp³-hybridized carbons (Fsp3) is 0.0769. The van der Waals surface area contributed by atoms with Crippen LogP contribution in [0.15, 0.2) is 42.5 Å². The quantitative estimate of drug-likeness (QED) is 0.691. The van der Waals surface area contributed by atoms with Gasteiger partial charge in [0.2, 0.25) is 0 Å². The highest BCUT2D eigenvalue weighted by Crippen LogP contribution is 2.15. The molecule has 0 saturated heterocycles. The van der Waals surface area contributed by atoms with Crippen LogP contribution in [0.2, 0.25) is 5.15 Å². The summed E-state index contributed by atoms with van der Waals surface area (Å²) in [5.41, 5.74) is 0.644. The van der Waals surface area contributed by atoms with Crippen LogP contribution in [-0.2, 0) is 6.61 Å². The highest BCUT2D eigenvalue weighted by Gasteiger charge is 2.06. The molecule has 0 radical (unpaired) electrons. The van der Waals surface area contributed by atoms with E-state index < -0.39 is 0 Å². The van der Waals surface area contributed by atoms with E-state index in [1.807, 2.05) is 0 Å². The van der Waals surface area contributed by atoms with Crippen LogP contribution in [-0.4, -0.2) is 14.6 Å². The molecule has 0 amide bonds. The minimum absolute atomic E-state index is 0.154. The number of rotatable bonds is 3. The zero-order valence-electron chi connectivity index (χ0n) is 9.75. The van der Waals surface area contributed by atoms with Crippen molar-refractivity contribution in [2.24, 2.45) is 0 Å². The topological polar surface area (TPSA) is 39.4 Å². The van der Waals surface area contributed by atoms with Crippen LogP contribution in [0.5, 0.6) is 5.75 Å². The van der Waals surface area contributed by atoms with Crippen LogP contribution in [0.4, 0.5) is 4.39 Å². The first-order valence-electron chi connectivity index (χ1n) is 5.61. The number of fused-ring (bicyclic) bond motifs is 1. The Kier molecular flexibility index (Phi) is 3.05. The van der Waals surface area contributed by atoms with Crippen molar-refractivity contribution in [2.75, 3.05) is 0 Å². The predicted molar refractivity (Wildman–Crippen MR) is 68.7 cm³/mol. The van der Waals surface area contributed by atoms with Crippen molar-refractivity contribution in [1.82, 2.24) is 14.6 Å². The Morgan fingerprint density at radius 3 is 2.84 bits per heavy atom. The molecule has 0 bridgehead atoms. The molecule has 96 valence electrons. The van der Waals surface area contributed by atoms with Crippen LogP contribution in [0, 0.1) is 5.82 Å². The van der Waals surface area contributed by atoms with Gasteiger partial charge < -0.3 is 4.74 Å². The van der Waals surface area contributed by atoms with Gasteiger partial charge in [0.1, 0.15) is 23.3 Å². The Morgan fingerprint density at radius 2 is 2.05 bits per heavy atom. The lowest BCUT2D eigenvalue weighted by molar-refractivity contribution is 0.294. The number of ether oxygens (including phenoxy) is 1. The molecule has 4 nitrogen and oxygen atoms in total. The summed E-state index contributed by atoms with van der Waals surface area (Å²) in [5, 5.41) is 4.68. The average molecular weight is 278 g/mol. The monoisotopic (exact) mass is 277 g/mol. The van der Waals surface area contributed by atoms with E-state index in [2.05, 4.69) is 10.1 Å². The van der Waals surface area contributed by atoms with Crippen LogP contribution in [0.25, 0.3) is 5.65 Å². The summed E-state index contributed by atoms with van der Waals surface area (Å²) < 4.78 is 19.9. The van der Waals surface area contributed by atoms with Gasteiger partial charge in [-0.3, -0.25) is 0 Å². The van der Waals surface area contributed by atoms with E-state index >= 15 is 0 Å². The molecule has 0 saturated carbocycles. The van der Waals surface area contributed by atoms with Crippen molar-refractivity contribution in [1.29, 1.82) is 0 Å². The molecule has 0 N–H and O–H groups in total. The zero-order valence-corrected chi connectivity index (χ0v) is 10.5. The fourth-order valence-corrected chi connectivity index (χ4v) is 1.88. The number of pyridine rings is 1. The van der Waals surface area contributed by atoms with Crippen LogP contribution < -0.4 is 4.74 Å². The Morgan fingerprint density at radius 1 is 1.21 bits per heavy atom. The second-order valence-electron chi connectivity index (χ2n) is 3.89. The van der Waals surface area contributed by atoms with E-state index in [1.165, 1.54) is 16.6 Å². The van der Waals surface area contributed by atoms with Crippen LogP contribution in [0.1, 0.15) is 5.82 Å². The van der Waals surface area contributed by atoms with Crippen molar-refractivity contribution < 1.29 is 9.13 Å². The fourth-order valence-electron chi connectivity index (χ4n) is 1.68. The molecular formula is C13H9ClFN3O. The second-order valence-corrected chi connectivity index (χ2v) is 4.28. The molecule has 2 heterocycles. The van der Waals surface area contributed by atoms with Gasteiger partial charge in [0.15, 0.2) is 11.5 Å². The molecule has 19 heavy (non-hydrogen) atoms. The molecule has 2 aromatic heterocycles. The van der Waals surface area contributed by atoms with Crippen LogP contribution >= 0.6 is 11.6 Å². The number of halogens is 2. The third-order valence-corrected chi connectivity index (χ3v) is 2.81. The molecule has 0 aliphatic rings. The molecule has 1 aromatic carbocycles. The maximum absolute atomic E-state index is 13.0. The summed E-state index contributed by atoms with van der Waals surface area (Å²) in [6.07, 6.45) is 0. The van der Waals surface area contributed by atoms with Gasteiger partial charge in [-0.15, -0.1) is 5.10 Å². The smallest absolute Gasteiger partial charge is 0.189 e. The first-order chi connectivity index (χ1) is 9.22. The van der Waals surface area contributed by atoms with E-state index in [1.54, 1.807) is 30.3 Å². The van der Waals surface area contributed by atoms with Crippen molar-refractivity contribution in [3.8, 4) is 5.75 Å². The highest BCUT2D eigenvalue weighted by molar-refractivity contribution is 6.29. The summed E-state index contributed by atoms with van der Waals surface area (Å²) >= 11 is 5.98. The Balaban J connectivity index is 1.80. The summed E-state index contributed by atoms with van der Waals surface area (Å²) in [5.74, 6) is 0.575. The van der Waals surface area contributed by atoms with Crippen molar-refractivity contribution in [3.05, 3.63) is 59.3 Å². The minimum atomic E-state index is -0.344. The lowest BCUT2D eigenvalue weighted by Crippen LogP contribution is -1.98. The predicted octanol–water partition coefficient (Wildman–Crippen LogP) is 3.10. The van der Waals surface area contributed by atoms with Gasteiger partial charge in [-0.25, -0.2) is 13.9 Å². The van der Waals surface area contributed by atoms with Gasteiger partial charge >= 0.3 is 0 Å². The second kappa shape index (κ2) is 4.85. The summed E-state index contributed by atoms with van der Waals surface area (Å²) in [6.45, 7) is 0.154. The maximum atomic E-state index is 13.0. The molecule has 0 fully saturated rings. The molecule has 3 rings (SSSR count). The molecule has 0 unspecified atom stereocenters. The molecule has 0 spiro atoms. The van der Waals surface area contributed by atoms with Gasteiger partial charge in [0.05, 0.1) is 0 Å². The van der Waals surface area contributed by atoms with Crippen molar-refractivity contribution in [3.63, 3.8) is 0 Å². The molecule has 0 aliphatic heterocycles. The van der Waals surface area contributed by atoms with E-state index in [0.29, 0.717) is 22.4 Å². The molecule has 0 aliphatic carbocycles. The summed E-state index contributed by atoms with van der Waals surface area (Å²) in [6, 6.07) is 11.2. The van der Waals surface area contributed by atoms with Gasteiger partial charge in [-0.1, -0.05) is 23.7 Å². The number of hydrogen-bond donors (Lipinski definition) is 0. The SMILES string of the molecule is Fc1cccc(OCc2nc3cccc(Cl)n3n2)c1. The first-order valence-corrected chi connectivity index (χ1v) is 5.99. The number of nitrogens with zero attached hydrogens (tertiary/aromatic N) is 3.